The number of nitrogens with zero attached hydrogens (tertiary/aromatic N) is 1. The van der Waals surface area contributed by atoms with Crippen molar-refractivity contribution in [3.8, 4) is 0 Å². The first-order valence-electron chi connectivity index (χ1n) is 4.30. The lowest BCUT2D eigenvalue weighted by Gasteiger charge is -1.98. The molecule has 0 unspecified atom stereocenters. The molecule has 1 aromatic rings. The van der Waals surface area contributed by atoms with Crippen LogP contribution in [0.4, 0.5) is 5.69 Å². The summed E-state index contributed by atoms with van der Waals surface area (Å²) in [6.45, 7) is 1.98. The van der Waals surface area contributed by atoms with Gasteiger partial charge in [0.2, 0.25) is 5.91 Å². The molecule has 0 spiro atoms. The first-order valence-corrected chi connectivity index (χ1v) is 4.30. The summed E-state index contributed by atoms with van der Waals surface area (Å²) in [7, 11) is 0. The highest BCUT2D eigenvalue weighted by molar-refractivity contribution is 5.73. The molecule has 0 bridgehead atoms. The number of hydrogen-bond acceptors (Lipinski definition) is 3. The van der Waals surface area contributed by atoms with Gasteiger partial charge in [0.25, 0.3) is 0 Å². The predicted octanol–water partition coefficient (Wildman–Crippen LogP) is 0.813. The number of anilines is 1. The summed E-state index contributed by atoms with van der Waals surface area (Å²) in [4.78, 5) is 14.5. The highest BCUT2D eigenvalue weighted by Crippen LogP contribution is 2.09. The minimum atomic E-state index is -0.0474. The first kappa shape index (κ1) is 10.2. The number of rotatable bonds is 3. The third-order valence-corrected chi connectivity index (χ3v) is 1.65. The summed E-state index contributed by atoms with van der Waals surface area (Å²) >= 11 is 0. The van der Waals surface area contributed by atoms with Crippen LogP contribution in [0, 0.1) is 0 Å². The van der Waals surface area contributed by atoms with E-state index < -0.39 is 0 Å². The summed E-state index contributed by atoms with van der Waals surface area (Å²) in [5, 5.41) is 2.65. The molecule has 0 aromatic carbocycles. The minimum Gasteiger partial charge on any atom is -0.398 e. The molecular weight excluding hydrogens is 178 g/mol. The fourth-order valence-electron chi connectivity index (χ4n) is 0.945. The van der Waals surface area contributed by atoms with Crippen molar-refractivity contribution in [2.75, 3.05) is 12.3 Å². The standard InChI is InChI=1S/C10H13N3O/c1-8(14)13-5-2-3-9-7-12-6-4-10(9)11/h2-4,6-7H,5H2,1H3,(H2,11,12)(H,13,14). The molecule has 0 saturated heterocycles. The number of nitrogens with two attached hydrogens (primary N) is 1. The Balaban J connectivity index is 2.52. The van der Waals surface area contributed by atoms with E-state index >= 15 is 0 Å². The molecule has 0 aliphatic rings. The zero-order chi connectivity index (χ0) is 10.4. The van der Waals surface area contributed by atoms with Crippen molar-refractivity contribution in [1.82, 2.24) is 10.3 Å². The van der Waals surface area contributed by atoms with E-state index in [4.69, 9.17) is 5.73 Å². The van der Waals surface area contributed by atoms with Crippen LogP contribution in [0.5, 0.6) is 0 Å². The molecule has 0 aliphatic heterocycles. The molecule has 74 valence electrons. The van der Waals surface area contributed by atoms with Gasteiger partial charge in [0.15, 0.2) is 0 Å². The van der Waals surface area contributed by atoms with E-state index in [2.05, 4.69) is 10.3 Å². The molecule has 1 rings (SSSR count). The Morgan fingerprint density at radius 1 is 1.71 bits per heavy atom. The van der Waals surface area contributed by atoms with Gasteiger partial charge in [-0.2, -0.15) is 0 Å². The van der Waals surface area contributed by atoms with E-state index in [-0.39, 0.29) is 5.91 Å². The van der Waals surface area contributed by atoms with E-state index in [1.807, 2.05) is 12.2 Å². The number of carbonyl (C=O) groups excluding carboxylic acids is 1. The Labute approximate surface area is 82.8 Å². The molecule has 0 aliphatic carbocycles. The summed E-state index contributed by atoms with van der Waals surface area (Å²) < 4.78 is 0. The van der Waals surface area contributed by atoms with Crippen LogP contribution in [0.2, 0.25) is 0 Å². The van der Waals surface area contributed by atoms with Gasteiger partial charge in [0, 0.05) is 37.1 Å². The lowest BCUT2D eigenvalue weighted by atomic mass is 10.2. The average molecular weight is 191 g/mol. The lowest BCUT2D eigenvalue weighted by molar-refractivity contribution is -0.118. The highest BCUT2D eigenvalue weighted by Gasteiger charge is 1.92. The third kappa shape index (κ3) is 3.26. The van der Waals surface area contributed by atoms with Crippen LogP contribution in [0.3, 0.4) is 0 Å². The second-order valence-electron chi connectivity index (χ2n) is 2.84. The normalized spacial score (nSPS) is 10.4. The van der Waals surface area contributed by atoms with Gasteiger partial charge in [-0.15, -0.1) is 0 Å². The van der Waals surface area contributed by atoms with Crippen molar-refractivity contribution in [2.24, 2.45) is 0 Å². The van der Waals surface area contributed by atoms with Gasteiger partial charge in [-0.3, -0.25) is 9.78 Å². The summed E-state index contributed by atoms with van der Waals surface area (Å²) in [6.07, 6.45) is 6.98. The van der Waals surface area contributed by atoms with Crippen molar-refractivity contribution in [3.05, 3.63) is 30.1 Å². The number of hydrogen-bond donors (Lipinski definition) is 2. The molecule has 0 atom stereocenters. The number of nitrogens with one attached hydrogen (secondary N) is 1. The van der Waals surface area contributed by atoms with Gasteiger partial charge in [-0.05, 0) is 6.07 Å². The molecule has 0 saturated carbocycles. The van der Waals surface area contributed by atoms with Crippen LogP contribution in [0.15, 0.2) is 24.5 Å². The topological polar surface area (TPSA) is 68.0 Å². The Morgan fingerprint density at radius 3 is 3.14 bits per heavy atom. The molecule has 4 heteroatoms. The molecule has 0 radical (unpaired) electrons. The minimum absolute atomic E-state index is 0.0474. The zero-order valence-corrected chi connectivity index (χ0v) is 8.03. The van der Waals surface area contributed by atoms with Crippen LogP contribution in [0.1, 0.15) is 12.5 Å². The Morgan fingerprint density at radius 2 is 2.50 bits per heavy atom. The number of pyridine rings is 1. The van der Waals surface area contributed by atoms with E-state index in [0.717, 1.165) is 5.56 Å². The van der Waals surface area contributed by atoms with Crippen LogP contribution in [-0.2, 0) is 4.79 Å². The molecule has 4 nitrogen and oxygen atoms in total. The number of nitrogen functional groups attached to an aromatic ring is 1. The van der Waals surface area contributed by atoms with Crippen LogP contribution in [-0.4, -0.2) is 17.4 Å². The van der Waals surface area contributed by atoms with E-state index in [0.29, 0.717) is 12.2 Å². The smallest absolute Gasteiger partial charge is 0.217 e. The lowest BCUT2D eigenvalue weighted by Crippen LogP contribution is -2.19. The zero-order valence-electron chi connectivity index (χ0n) is 8.03. The summed E-state index contributed by atoms with van der Waals surface area (Å²) in [5.41, 5.74) is 7.22. The molecular formula is C10H13N3O. The Hall–Kier alpha value is -1.84. The molecule has 1 heterocycles. The quantitative estimate of drug-likeness (QED) is 0.743. The number of amides is 1. The second-order valence-corrected chi connectivity index (χ2v) is 2.84. The summed E-state index contributed by atoms with van der Waals surface area (Å²) in [6, 6.07) is 1.73. The molecule has 0 fully saturated rings. The average Bonchev–Trinajstić information content (AvgIpc) is 2.15. The first-order chi connectivity index (χ1) is 6.70. The van der Waals surface area contributed by atoms with Gasteiger partial charge in [0.05, 0.1) is 0 Å². The monoisotopic (exact) mass is 191 g/mol. The van der Waals surface area contributed by atoms with Gasteiger partial charge in [-0.1, -0.05) is 12.2 Å². The fourth-order valence-corrected chi connectivity index (χ4v) is 0.945. The maximum Gasteiger partial charge on any atom is 0.217 e. The number of carbonyl (C=O) groups is 1. The molecule has 1 amide bonds. The Kier molecular flexibility index (Phi) is 3.67. The van der Waals surface area contributed by atoms with Crippen molar-refractivity contribution < 1.29 is 4.79 Å². The van der Waals surface area contributed by atoms with Crippen LogP contribution >= 0.6 is 0 Å². The van der Waals surface area contributed by atoms with Gasteiger partial charge < -0.3 is 11.1 Å². The van der Waals surface area contributed by atoms with Crippen molar-refractivity contribution >= 4 is 17.7 Å². The van der Waals surface area contributed by atoms with E-state index in [9.17, 15) is 4.79 Å². The highest BCUT2D eigenvalue weighted by atomic mass is 16.1. The van der Waals surface area contributed by atoms with Crippen molar-refractivity contribution in [1.29, 1.82) is 0 Å². The SMILES string of the molecule is CC(=O)NCC=Cc1cnccc1N. The second kappa shape index (κ2) is 5.01. The van der Waals surface area contributed by atoms with Crippen LogP contribution in [0.25, 0.3) is 6.08 Å². The molecule has 14 heavy (non-hydrogen) atoms. The van der Waals surface area contributed by atoms with E-state index in [1.54, 1.807) is 18.5 Å². The Bertz CT molecular complexity index is 347. The predicted molar refractivity (Wildman–Crippen MR) is 56.4 cm³/mol. The largest absolute Gasteiger partial charge is 0.398 e. The number of aromatic nitrogens is 1. The maximum absolute atomic E-state index is 10.5. The summed E-state index contributed by atoms with van der Waals surface area (Å²) in [5.74, 6) is -0.0474. The van der Waals surface area contributed by atoms with Crippen molar-refractivity contribution in [2.45, 2.75) is 6.92 Å². The third-order valence-electron chi connectivity index (χ3n) is 1.65. The van der Waals surface area contributed by atoms with Gasteiger partial charge in [-0.25, -0.2) is 0 Å². The fraction of sp³-hybridized carbons (Fsp3) is 0.200. The molecule has 1 aromatic heterocycles. The van der Waals surface area contributed by atoms with Crippen molar-refractivity contribution in [3.63, 3.8) is 0 Å². The van der Waals surface area contributed by atoms with Gasteiger partial charge in [0.1, 0.15) is 0 Å². The van der Waals surface area contributed by atoms with Crippen LogP contribution < -0.4 is 11.1 Å². The van der Waals surface area contributed by atoms with Gasteiger partial charge >= 0.3 is 0 Å². The van der Waals surface area contributed by atoms with E-state index in [1.165, 1.54) is 6.92 Å². The maximum atomic E-state index is 10.5. The molecule has 3 N–H and O–H groups in total.